The molecule has 1 fully saturated rings. The molecule has 2 N–H and O–H groups in total. The smallest absolute Gasteiger partial charge is 0.317 e. The molecule has 2 unspecified atom stereocenters. The van der Waals surface area contributed by atoms with Crippen LogP contribution in [0.2, 0.25) is 0 Å². The predicted octanol–water partition coefficient (Wildman–Crippen LogP) is 2.94. The number of aliphatic hydroxyl groups excluding tert-OH is 1. The fraction of sp³-hybridized carbons (Fsp3) is 0.611. The summed E-state index contributed by atoms with van der Waals surface area (Å²) in [6.07, 6.45) is 0.661. The lowest BCUT2D eigenvalue weighted by molar-refractivity contribution is 0.195. The van der Waals surface area contributed by atoms with E-state index in [1.165, 1.54) is 0 Å². The van der Waals surface area contributed by atoms with Crippen LogP contribution >= 0.6 is 11.8 Å². The van der Waals surface area contributed by atoms with Gasteiger partial charge in [-0.3, -0.25) is 0 Å². The van der Waals surface area contributed by atoms with Gasteiger partial charge in [0.15, 0.2) is 0 Å². The van der Waals surface area contributed by atoms with E-state index >= 15 is 0 Å². The first-order valence-corrected chi connectivity index (χ1v) is 9.47. The molecule has 5 heteroatoms. The third-order valence-corrected chi connectivity index (χ3v) is 5.91. The molecule has 0 aliphatic carbocycles. The molecular weight excluding hydrogens is 308 g/mol. The summed E-state index contributed by atoms with van der Waals surface area (Å²) in [5.41, 5.74) is 1.16. The first kappa shape index (κ1) is 18.1. The normalized spacial score (nSPS) is 19.7. The second-order valence-corrected chi connectivity index (χ2v) is 7.75. The van der Waals surface area contributed by atoms with Crippen LogP contribution in [0, 0.1) is 5.92 Å². The maximum Gasteiger partial charge on any atom is 0.317 e. The van der Waals surface area contributed by atoms with Crippen LogP contribution in [-0.2, 0) is 0 Å². The van der Waals surface area contributed by atoms with Gasteiger partial charge in [-0.25, -0.2) is 4.79 Å². The van der Waals surface area contributed by atoms with Crippen LogP contribution in [-0.4, -0.2) is 53.3 Å². The van der Waals surface area contributed by atoms with Crippen LogP contribution in [0.3, 0.4) is 0 Å². The monoisotopic (exact) mass is 336 g/mol. The zero-order valence-corrected chi connectivity index (χ0v) is 14.9. The fourth-order valence-corrected chi connectivity index (χ4v) is 4.15. The quantitative estimate of drug-likeness (QED) is 0.840. The van der Waals surface area contributed by atoms with Gasteiger partial charge in [-0.15, -0.1) is 0 Å². The molecule has 0 saturated carbocycles. The van der Waals surface area contributed by atoms with E-state index in [2.05, 4.69) is 31.3 Å². The molecule has 1 aliphatic heterocycles. The summed E-state index contributed by atoms with van der Waals surface area (Å²) in [6, 6.07) is 10.1. The summed E-state index contributed by atoms with van der Waals surface area (Å²) in [4.78, 5) is 14.4. The van der Waals surface area contributed by atoms with Crippen LogP contribution < -0.4 is 5.32 Å². The molecular formula is C18H28N2O2S. The molecule has 0 radical (unpaired) electrons. The van der Waals surface area contributed by atoms with Gasteiger partial charge in [0.2, 0.25) is 0 Å². The minimum atomic E-state index is 0.0230. The maximum absolute atomic E-state index is 12.4. The topological polar surface area (TPSA) is 52.6 Å². The van der Waals surface area contributed by atoms with E-state index in [1.54, 1.807) is 0 Å². The van der Waals surface area contributed by atoms with E-state index in [0.717, 1.165) is 24.4 Å². The number of benzene rings is 1. The van der Waals surface area contributed by atoms with E-state index in [4.69, 9.17) is 0 Å². The summed E-state index contributed by atoms with van der Waals surface area (Å²) in [5.74, 6) is 1.75. The van der Waals surface area contributed by atoms with E-state index in [1.807, 2.05) is 34.9 Å². The van der Waals surface area contributed by atoms with Crippen LogP contribution in [0.15, 0.2) is 30.3 Å². The van der Waals surface area contributed by atoms with Crippen LogP contribution in [0.25, 0.3) is 0 Å². The first-order chi connectivity index (χ1) is 11.1. The zero-order valence-electron chi connectivity index (χ0n) is 14.1. The van der Waals surface area contributed by atoms with Gasteiger partial charge in [0.05, 0.1) is 0 Å². The number of amides is 2. The number of aliphatic hydroxyl groups is 1. The van der Waals surface area contributed by atoms with Crippen molar-refractivity contribution in [2.24, 2.45) is 5.92 Å². The number of nitrogens with one attached hydrogen (secondary N) is 1. The highest BCUT2D eigenvalue weighted by Crippen LogP contribution is 2.25. The molecule has 1 aromatic rings. The molecule has 0 spiro atoms. The first-order valence-electron chi connectivity index (χ1n) is 8.42. The molecule has 1 heterocycles. The zero-order chi connectivity index (χ0) is 16.7. The number of rotatable bonds is 6. The van der Waals surface area contributed by atoms with Crippen molar-refractivity contribution in [1.82, 2.24) is 10.2 Å². The molecule has 0 aromatic heterocycles. The number of thioether (sulfide) groups is 1. The molecule has 2 amide bonds. The molecule has 4 nitrogen and oxygen atoms in total. The molecule has 2 atom stereocenters. The predicted molar refractivity (Wildman–Crippen MR) is 96.9 cm³/mol. The van der Waals surface area contributed by atoms with Crippen molar-refractivity contribution in [3.05, 3.63) is 35.9 Å². The lowest BCUT2D eigenvalue weighted by Crippen LogP contribution is -2.48. The Morgan fingerprint density at radius 1 is 1.39 bits per heavy atom. The molecule has 1 saturated heterocycles. The van der Waals surface area contributed by atoms with Crippen molar-refractivity contribution in [1.29, 1.82) is 0 Å². The lowest BCUT2D eigenvalue weighted by Gasteiger charge is -2.34. The minimum absolute atomic E-state index is 0.0230. The van der Waals surface area contributed by atoms with E-state index in [9.17, 15) is 9.90 Å². The third kappa shape index (κ3) is 5.43. The van der Waals surface area contributed by atoms with Crippen molar-refractivity contribution in [3.63, 3.8) is 0 Å². The van der Waals surface area contributed by atoms with Gasteiger partial charge in [0.1, 0.15) is 0 Å². The second kappa shape index (κ2) is 9.18. The van der Waals surface area contributed by atoms with Crippen molar-refractivity contribution < 1.29 is 9.90 Å². The molecule has 0 bridgehead atoms. The van der Waals surface area contributed by atoms with E-state index in [-0.39, 0.29) is 18.6 Å². The van der Waals surface area contributed by atoms with Crippen LogP contribution in [0.5, 0.6) is 0 Å². The largest absolute Gasteiger partial charge is 0.396 e. The Balaban J connectivity index is 1.88. The summed E-state index contributed by atoms with van der Waals surface area (Å²) in [5, 5.41) is 12.9. The standard InChI is InChI=1S/C18H28N2O2S/c1-14(2)17-13-20(9-11-23-17)18(22)19-12-16(8-10-21)15-6-4-3-5-7-15/h3-7,14,16-17,21H,8-13H2,1-2H3,(H,19,22). The average Bonchev–Trinajstić information content (AvgIpc) is 2.59. The van der Waals surface area contributed by atoms with Crippen molar-refractivity contribution in [2.75, 3.05) is 32.0 Å². The molecule has 1 aromatic carbocycles. The highest BCUT2D eigenvalue weighted by atomic mass is 32.2. The second-order valence-electron chi connectivity index (χ2n) is 6.41. The fourth-order valence-electron chi connectivity index (χ4n) is 2.85. The number of carbonyl (C=O) groups excluding carboxylic acids is 1. The number of hydrogen-bond donors (Lipinski definition) is 2. The number of carbonyl (C=O) groups is 1. The minimum Gasteiger partial charge on any atom is -0.396 e. The molecule has 23 heavy (non-hydrogen) atoms. The van der Waals surface area contributed by atoms with Gasteiger partial charge in [-0.1, -0.05) is 44.2 Å². The van der Waals surface area contributed by atoms with Crippen molar-refractivity contribution in [3.8, 4) is 0 Å². The van der Waals surface area contributed by atoms with Crippen molar-refractivity contribution >= 4 is 17.8 Å². The Morgan fingerprint density at radius 2 is 2.13 bits per heavy atom. The Bertz CT molecular complexity index is 481. The summed E-state index contributed by atoms with van der Waals surface area (Å²) in [6.45, 7) is 6.77. The van der Waals surface area contributed by atoms with Gasteiger partial charge >= 0.3 is 6.03 Å². The Kier molecular flexibility index (Phi) is 7.24. The Morgan fingerprint density at radius 3 is 2.78 bits per heavy atom. The number of hydrogen-bond acceptors (Lipinski definition) is 3. The van der Waals surface area contributed by atoms with E-state index < -0.39 is 0 Å². The van der Waals surface area contributed by atoms with Gasteiger partial charge in [0, 0.05) is 43.2 Å². The average molecular weight is 337 g/mol. The Hall–Kier alpha value is -1.20. The molecule has 128 valence electrons. The lowest BCUT2D eigenvalue weighted by atomic mass is 9.96. The number of urea groups is 1. The maximum atomic E-state index is 12.4. The van der Waals surface area contributed by atoms with Crippen LogP contribution in [0.1, 0.15) is 31.7 Å². The summed E-state index contributed by atoms with van der Waals surface area (Å²) >= 11 is 1.97. The summed E-state index contributed by atoms with van der Waals surface area (Å²) in [7, 11) is 0. The van der Waals surface area contributed by atoms with Gasteiger partial charge in [-0.2, -0.15) is 11.8 Å². The van der Waals surface area contributed by atoms with Crippen molar-refractivity contribution in [2.45, 2.75) is 31.4 Å². The SMILES string of the molecule is CC(C)C1CN(C(=O)NCC(CCO)c2ccccc2)CCS1. The third-order valence-electron chi connectivity index (χ3n) is 4.37. The molecule has 2 rings (SSSR count). The van der Waals surface area contributed by atoms with Gasteiger partial charge in [0.25, 0.3) is 0 Å². The number of nitrogens with zero attached hydrogens (tertiary/aromatic N) is 1. The van der Waals surface area contributed by atoms with Gasteiger partial charge in [-0.05, 0) is 17.9 Å². The highest BCUT2D eigenvalue weighted by Gasteiger charge is 2.26. The van der Waals surface area contributed by atoms with Crippen LogP contribution in [0.4, 0.5) is 4.79 Å². The summed E-state index contributed by atoms with van der Waals surface area (Å²) < 4.78 is 0. The van der Waals surface area contributed by atoms with Gasteiger partial charge < -0.3 is 15.3 Å². The molecule has 1 aliphatic rings. The highest BCUT2D eigenvalue weighted by molar-refractivity contribution is 8.00. The van der Waals surface area contributed by atoms with E-state index in [0.29, 0.717) is 24.1 Å². The Labute approximate surface area is 143 Å².